The van der Waals surface area contributed by atoms with E-state index in [0.29, 0.717) is 50.3 Å². The molecule has 0 bridgehead atoms. The molecule has 0 spiro atoms. The van der Waals surface area contributed by atoms with E-state index < -0.39 is 11.7 Å². The van der Waals surface area contributed by atoms with Crippen molar-refractivity contribution < 1.29 is 17.9 Å². The first-order chi connectivity index (χ1) is 16.2. The van der Waals surface area contributed by atoms with Gasteiger partial charge in [0.2, 0.25) is 5.88 Å². The standard InChI is InChI=1S/C24H18F3N5O2/c1-13-19(6-7-21(30-13)34-3)32-22-17-9-14(15-8-16(11-28-10-15)24(25,26)27)4-5-18(17)29-12-20(22)31(2)23(32)33/h4-12H,1-3H3. The predicted molar refractivity (Wildman–Crippen MR) is 121 cm³/mol. The van der Waals surface area contributed by atoms with E-state index >= 15 is 0 Å². The summed E-state index contributed by atoms with van der Waals surface area (Å²) in [4.78, 5) is 25.9. The third-order valence-corrected chi connectivity index (χ3v) is 5.76. The fourth-order valence-corrected chi connectivity index (χ4v) is 4.03. The number of hydrogen-bond acceptors (Lipinski definition) is 5. The number of imidazole rings is 1. The number of alkyl halides is 3. The van der Waals surface area contributed by atoms with Crippen LogP contribution in [0.4, 0.5) is 13.2 Å². The van der Waals surface area contributed by atoms with Gasteiger partial charge in [-0.25, -0.2) is 9.78 Å². The summed E-state index contributed by atoms with van der Waals surface area (Å²) in [7, 11) is 3.15. The number of rotatable bonds is 3. The number of methoxy groups -OCH3 is 1. The van der Waals surface area contributed by atoms with Crippen LogP contribution in [-0.2, 0) is 13.2 Å². The van der Waals surface area contributed by atoms with Gasteiger partial charge in [-0.1, -0.05) is 6.07 Å². The second-order valence-corrected chi connectivity index (χ2v) is 7.82. The second kappa shape index (κ2) is 7.68. The lowest BCUT2D eigenvalue weighted by molar-refractivity contribution is -0.137. The van der Waals surface area contributed by atoms with Gasteiger partial charge < -0.3 is 4.74 Å². The molecule has 172 valence electrons. The summed E-state index contributed by atoms with van der Waals surface area (Å²) in [6.07, 6.45) is -0.737. The van der Waals surface area contributed by atoms with Crippen molar-refractivity contribution in [1.82, 2.24) is 24.1 Å². The molecule has 0 fully saturated rings. The molecule has 5 rings (SSSR count). The molecule has 0 saturated heterocycles. The van der Waals surface area contributed by atoms with Gasteiger partial charge >= 0.3 is 11.9 Å². The molecule has 4 aromatic heterocycles. The molecule has 0 N–H and O–H groups in total. The lowest BCUT2D eigenvalue weighted by atomic mass is 10.0. The van der Waals surface area contributed by atoms with Crippen LogP contribution in [0.15, 0.2) is 59.8 Å². The predicted octanol–water partition coefficient (Wildman–Crippen LogP) is 4.67. The lowest BCUT2D eigenvalue weighted by Crippen LogP contribution is -2.21. The van der Waals surface area contributed by atoms with E-state index in [0.717, 1.165) is 12.3 Å². The maximum absolute atomic E-state index is 13.3. The first kappa shape index (κ1) is 21.6. The van der Waals surface area contributed by atoms with E-state index in [1.54, 1.807) is 50.5 Å². The van der Waals surface area contributed by atoms with Gasteiger partial charge in [0, 0.05) is 36.5 Å². The number of pyridine rings is 3. The van der Waals surface area contributed by atoms with Crippen molar-refractivity contribution in [1.29, 1.82) is 0 Å². The van der Waals surface area contributed by atoms with Crippen LogP contribution in [0.2, 0.25) is 0 Å². The summed E-state index contributed by atoms with van der Waals surface area (Å²) in [6, 6.07) is 9.59. The topological polar surface area (TPSA) is 74.8 Å². The molecule has 4 heterocycles. The fourth-order valence-electron chi connectivity index (χ4n) is 4.03. The molecule has 0 atom stereocenters. The van der Waals surface area contributed by atoms with Crippen LogP contribution >= 0.6 is 0 Å². The minimum absolute atomic E-state index is 0.300. The third kappa shape index (κ3) is 3.38. The number of fused-ring (bicyclic) bond motifs is 3. The van der Waals surface area contributed by atoms with Crippen molar-refractivity contribution in [3.8, 4) is 22.7 Å². The zero-order valence-corrected chi connectivity index (χ0v) is 18.4. The van der Waals surface area contributed by atoms with Crippen LogP contribution in [-0.4, -0.2) is 31.2 Å². The number of aromatic nitrogens is 5. The number of benzene rings is 1. The molecule has 10 heteroatoms. The highest BCUT2D eigenvalue weighted by molar-refractivity contribution is 6.04. The summed E-state index contributed by atoms with van der Waals surface area (Å²) in [5.74, 6) is 0.417. The molecule has 0 saturated carbocycles. The van der Waals surface area contributed by atoms with Crippen LogP contribution in [0.25, 0.3) is 38.8 Å². The van der Waals surface area contributed by atoms with E-state index in [-0.39, 0.29) is 5.69 Å². The van der Waals surface area contributed by atoms with Crippen LogP contribution in [0.3, 0.4) is 0 Å². The minimum Gasteiger partial charge on any atom is -0.481 e. The van der Waals surface area contributed by atoms with E-state index in [4.69, 9.17) is 4.74 Å². The number of aryl methyl sites for hydroxylation is 2. The maximum Gasteiger partial charge on any atom is 0.417 e. The van der Waals surface area contributed by atoms with Gasteiger partial charge in [-0.05, 0) is 36.8 Å². The normalized spacial score (nSPS) is 11.9. The second-order valence-electron chi connectivity index (χ2n) is 7.82. The van der Waals surface area contributed by atoms with Gasteiger partial charge in [0.05, 0.1) is 46.8 Å². The van der Waals surface area contributed by atoms with E-state index in [1.165, 1.54) is 22.4 Å². The third-order valence-electron chi connectivity index (χ3n) is 5.76. The Kier molecular flexibility index (Phi) is 4.89. The summed E-state index contributed by atoms with van der Waals surface area (Å²) in [5.41, 5.74) is 2.58. The average Bonchev–Trinajstić information content (AvgIpc) is 3.08. The zero-order valence-electron chi connectivity index (χ0n) is 18.4. The summed E-state index contributed by atoms with van der Waals surface area (Å²) < 4.78 is 47.8. The SMILES string of the molecule is COc1ccc(-n2c(=O)n(C)c3cnc4ccc(-c5cncc(C(F)(F)F)c5)cc4c32)c(C)n1. The van der Waals surface area contributed by atoms with Crippen molar-refractivity contribution in [3.05, 3.63) is 76.7 Å². The van der Waals surface area contributed by atoms with Crippen LogP contribution in [0.5, 0.6) is 5.88 Å². The van der Waals surface area contributed by atoms with Crippen molar-refractivity contribution in [2.75, 3.05) is 7.11 Å². The molecule has 1 aromatic carbocycles. The summed E-state index contributed by atoms with van der Waals surface area (Å²) >= 11 is 0. The van der Waals surface area contributed by atoms with E-state index in [1.807, 2.05) is 0 Å². The summed E-state index contributed by atoms with van der Waals surface area (Å²) in [6.45, 7) is 1.77. The Morgan fingerprint density at radius 2 is 1.79 bits per heavy atom. The molecule has 0 aliphatic carbocycles. The fraction of sp³-hybridized carbons (Fsp3) is 0.167. The van der Waals surface area contributed by atoms with Gasteiger partial charge in [0.25, 0.3) is 0 Å². The van der Waals surface area contributed by atoms with Gasteiger partial charge in [-0.2, -0.15) is 13.2 Å². The highest BCUT2D eigenvalue weighted by atomic mass is 19.4. The molecule has 34 heavy (non-hydrogen) atoms. The van der Waals surface area contributed by atoms with Crippen molar-refractivity contribution in [2.45, 2.75) is 13.1 Å². The smallest absolute Gasteiger partial charge is 0.417 e. The molecule has 5 aromatic rings. The largest absolute Gasteiger partial charge is 0.481 e. The Morgan fingerprint density at radius 1 is 1.00 bits per heavy atom. The van der Waals surface area contributed by atoms with Crippen molar-refractivity contribution in [2.24, 2.45) is 7.05 Å². The molecule has 0 aliphatic rings. The van der Waals surface area contributed by atoms with Gasteiger partial charge in [0.15, 0.2) is 0 Å². The highest BCUT2D eigenvalue weighted by Gasteiger charge is 2.31. The molecule has 0 unspecified atom stereocenters. The maximum atomic E-state index is 13.3. The first-order valence-corrected chi connectivity index (χ1v) is 10.2. The average molecular weight is 465 g/mol. The number of nitrogens with zero attached hydrogens (tertiary/aromatic N) is 5. The Morgan fingerprint density at radius 3 is 2.50 bits per heavy atom. The van der Waals surface area contributed by atoms with E-state index in [9.17, 15) is 18.0 Å². The van der Waals surface area contributed by atoms with Gasteiger partial charge in [-0.3, -0.25) is 19.1 Å². The molecular weight excluding hydrogens is 447 g/mol. The Hall–Kier alpha value is -4.21. The molecule has 0 amide bonds. The van der Waals surface area contributed by atoms with Gasteiger partial charge in [-0.15, -0.1) is 0 Å². The number of ether oxygens (including phenoxy) is 1. The summed E-state index contributed by atoms with van der Waals surface area (Å²) in [5, 5.41) is 0.611. The first-order valence-electron chi connectivity index (χ1n) is 10.2. The van der Waals surface area contributed by atoms with Crippen LogP contribution in [0, 0.1) is 6.92 Å². The zero-order chi connectivity index (χ0) is 24.2. The Labute approximate surface area is 191 Å². The van der Waals surface area contributed by atoms with Crippen LogP contribution in [0.1, 0.15) is 11.3 Å². The Balaban J connectivity index is 1.81. The highest BCUT2D eigenvalue weighted by Crippen LogP contribution is 2.34. The van der Waals surface area contributed by atoms with Crippen molar-refractivity contribution in [3.63, 3.8) is 0 Å². The lowest BCUT2D eigenvalue weighted by Gasteiger charge is -2.11. The number of hydrogen-bond donors (Lipinski definition) is 0. The minimum atomic E-state index is -4.51. The van der Waals surface area contributed by atoms with Crippen LogP contribution < -0.4 is 10.4 Å². The Bertz CT molecular complexity index is 1640. The molecule has 7 nitrogen and oxygen atoms in total. The molecule has 0 aliphatic heterocycles. The van der Waals surface area contributed by atoms with Crippen molar-refractivity contribution >= 4 is 21.9 Å². The number of halogens is 3. The van der Waals surface area contributed by atoms with E-state index in [2.05, 4.69) is 15.0 Å². The van der Waals surface area contributed by atoms with Gasteiger partial charge in [0.1, 0.15) is 0 Å². The monoisotopic (exact) mass is 465 g/mol. The molecular formula is C24H18F3N5O2. The quantitative estimate of drug-likeness (QED) is 0.387. The molecule has 0 radical (unpaired) electrons.